The highest BCUT2D eigenvalue weighted by Crippen LogP contribution is 2.22. The van der Waals surface area contributed by atoms with Gasteiger partial charge in [-0.05, 0) is 75.1 Å². The Kier molecular flexibility index (Phi) is 8.29. The molecule has 0 spiro atoms. The lowest BCUT2D eigenvalue weighted by Gasteiger charge is -2.15. The van der Waals surface area contributed by atoms with Gasteiger partial charge in [-0.25, -0.2) is 13.1 Å². The lowest BCUT2D eigenvalue weighted by atomic mass is 10.1. The van der Waals surface area contributed by atoms with Gasteiger partial charge < -0.3 is 9.47 Å². The summed E-state index contributed by atoms with van der Waals surface area (Å²) in [6, 6.07) is 13.4. The molecule has 2 aromatic rings. The van der Waals surface area contributed by atoms with Gasteiger partial charge in [0, 0.05) is 12.5 Å². The number of aryl methyl sites for hydroxylation is 1. The number of hydrazine groups is 1. The predicted molar refractivity (Wildman–Crippen MR) is 122 cm³/mol. The summed E-state index contributed by atoms with van der Waals surface area (Å²) in [6.07, 6.45) is 1.45. The third-order valence-corrected chi connectivity index (χ3v) is 6.45. The fourth-order valence-electron chi connectivity index (χ4n) is 2.92. The maximum absolute atomic E-state index is 12.2. The zero-order valence-electron chi connectivity index (χ0n) is 18.7. The third-order valence-electron chi connectivity index (χ3n) is 4.92. The van der Waals surface area contributed by atoms with Gasteiger partial charge in [0.2, 0.25) is 15.9 Å². The number of carbonyl (C=O) groups excluding carboxylic acids is 2. The van der Waals surface area contributed by atoms with Gasteiger partial charge >= 0.3 is 0 Å². The summed E-state index contributed by atoms with van der Waals surface area (Å²) in [5, 5.41) is 0. The summed E-state index contributed by atoms with van der Waals surface area (Å²) in [6.45, 7) is 4.03. The first kappa shape index (κ1) is 24.5. The molecule has 10 heteroatoms. The van der Waals surface area contributed by atoms with Crippen molar-refractivity contribution in [2.75, 3.05) is 6.61 Å². The number of nitrogens with one attached hydrogen (secondary N) is 3. The molecule has 0 heterocycles. The third kappa shape index (κ3) is 7.76. The quantitative estimate of drug-likeness (QED) is 0.428. The summed E-state index contributed by atoms with van der Waals surface area (Å²) in [7, 11) is -3.49. The zero-order valence-corrected chi connectivity index (χ0v) is 19.5. The molecule has 1 atom stereocenters. The Morgan fingerprint density at radius 1 is 1.00 bits per heavy atom. The highest BCUT2D eigenvalue weighted by molar-refractivity contribution is 7.89. The Morgan fingerprint density at radius 3 is 2.24 bits per heavy atom. The van der Waals surface area contributed by atoms with E-state index in [1.807, 2.05) is 6.92 Å². The molecule has 0 aliphatic heterocycles. The van der Waals surface area contributed by atoms with Crippen molar-refractivity contribution >= 4 is 21.8 Å². The Hall–Kier alpha value is -3.11. The molecule has 1 saturated carbocycles. The van der Waals surface area contributed by atoms with Gasteiger partial charge in [0.1, 0.15) is 11.5 Å². The average Bonchev–Trinajstić information content (AvgIpc) is 3.61. The molecule has 3 rings (SSSR count). The van der Waals surface area contributed by atoms with Crippen LogP contribution in [0.3, 0.4) is 0 Å². The second-order valence-corrected chi connectivity index (χ2v) is 9.46. The number of sulfonamides is 1. The largest absolute Gasteiger partial charge is 0.494 e. The van der Waals surface area contributed by atoms with Crippen LogP contribution in [0.25, 0.3) is 0 Å². The number of hydrogen-bond acceptors (Lipinski definition) is 6. The highest BCUT2D eigenvalue weighted by Gasteiger charge is 2.27. The number of hydrogen-bond donors (Lipinski definition) is 3. The minimum Gasteiger partial charge on any atom is -0.494 e. The van der Waals surface area contributed by atoms with Crippen LogP contribution in [0, 0.1) is 0 Å². The molecule has 2 amide bonds. The predicted octanol–water partition coefficient (Wildman–Crippen LogP) is 2.07. The highest BCUT2D eigenvalue weighted by atomic mass is 32.2. The van der Waals surface area contributed by atoms with Crippen molar-refractivity contribution in [3.05, 3.63) is 54.1 Å². The van der Waals surface area contributed by atoms with E-state index in [4.69, 9.17) is 9.47 Å². The van der Waals surface area contributed by atoms with Crippen LogP contribution in [0.1, 0.15) is 38.7 Å². The lowest BCUT2D eigenvalue weighted by molar-refractivity contribution is -0.132. The van der Waals surface area contributed by atoms with Crippen molar-refractivity contribution in [3.8, 4) is 11.5 Å². The second-order valence-electron chi connectivity index (χ2n) is 7.74. The average molecular weight is 476 g/mol. The van der Waals surface area contributed by atoms with Gasteiger partial charge in [-0.2, -0.15) is 0 Å². The summed E-state index contributed by atoms with van der Waals surface area (Å²) in [5.74, 6) is 0.351. The van der Waals surface area contributed by atoms with Crippen molar-refractivity contribution in [2.45, 2.75) is 56.6 Å². The van der Waals surface area contributed by atoms with E-state index < -0.39 is 22.0 Å². The molecule has 0 saturated heterocycles. The van der Waals surface area contributed by atoms with Gasteiger partial charge in [-0.15, -0.1) is 0 Å². The topological polar surface area (TPSA) is 123 Å². The Balaban J connectivity index is 1.39. The van der Waals surface area contributed by atoms with Crippen LogP contribution < -0.4 is 25.0 Å². The first-order valence-electron chi connectivity index (χ1n) is 10.9. The van der Waals surface area contributed by atoms with E-state index >= 15 is 0 Å². The summed E-state index contributed by atoms with van der Waals surface area (Å²) >= 11 is 0. The first-order chi connectivity index (χ1) is 15.8. The fraction of sp³-hybridized carbons (Fsp3) is 0.391. The fourth-order valence-corrected chi connectivity index (χ4v) is 4.22. The Bertz CT molecular complexity index is 1050. The molecule has 178 valence electrons. The van der Waals surface area contributed by atoms with E-state index in [9.17, 15) is 18.0 Å². The van der Waals surface area contributed by atoms with Crippen LogP contribution in [0.15, 0.2) is 53.4 Å². The number of carbonyl (C=O) groups is 2. The lowest BCUT2D eigenvalue weighted by Crippen LogP contribution is -2.47. The number of amides is 2. The molecule has 2 aromatic carbocycles. The van der Waals surface area contributed by atoms with Crippen LogP contribution in [0.4, 0.5) is 0 Å². The smallest absolute Gasteiger partial charge is 0.279 e. The molecule has 0 bridgehead atoms. The van der Waals surface area contributed by atoms with Gasteiger partial charge in [-0.1, -0.05) is 12.1 Å². The summed E-state index contributed by atoms with van der Waals surface area (Å²) in [4.78, 5) is 24.4. The van der Waals surface area contributed by atoms with E-state index in [2.05, 4.69) is 15.6 Å². The van der Waals surface area contributed by atoms with Crippen molar-refractivity contribution in [1.29, 1.82) is 0 Å². The minimum absolute atomic E-state index is 0.0441. The van der Waals surface area contributed by atoms with E-state index in [1.54, 1.807) is 43.3 Å². The molecule has 9 nitrogen and oxygen atoms in total. The Morgan fingerprint density at radius 2 is 1.64 bits per heavy atom. The van der Waals surface area contributed by atoms with Crippen LogP contribution in [-0.2, 0) is 26.0 Å². The standard InChI is InChI=1S/C23H29N3O6S/c1-3-31-19-9-11-20(12-10-19)32-16(2)23(28)25-24-22(27)15-6-17-4-13-21(14-5-17)33(29,30)26-18-7-8-18/h4-5,9-14,16,18,26H,3,6-8,15H2,1-2H3,(H,24,27)(H,25,28). The first-order valence-corrected chi connectivity index (χ1v) is 12.3. The number of rotatable bonds is 11. The molecule has 0 aromatic heterocycles. The summed E-state index contributed by atoms with van der Waals surface area (Å²) in [5.41, 5.74) is 5.53. The molecule has 1 unspecified atom stereocenters. The zero-order chi connectivity index (χ0) is 23.8. The van der Waals surface area contributed by atoms with Crippen LogP contribution >= 0.6 is 0 Å². The van der Waals surface area contributed by atoms with Crippen molar-refractivity contribution < 1.29 is 27.5 Å². The van der Waals surface area contributed by atoms with Crippen molar-refractivity contribution in [1.82, 2.24) is 15.6 Å². The molecular formula is C23H29N3O6S. The minimum atomic E-state index is -3.49. The molecule has 1 fully saturated rings. The van der Waals surface area contributed by atoms with Gasteiger partial charge in [0.25, 0.3) is 5.91 Å². The van der Waals surface area contributed by atoms with E-state index in [0.717, 1.165) is 18.4 Å². The van der Waals surface area contributed by atoms with E-state index in [0.29, 0.717) is 24.5 Å². The monoisotopic (exact) mass is 475 g/mol. The SMILES string of the molecule is CCOc1ccc(OC(C)C(=O)NNC(=O)CCc2ccc(S(=O)(=O)NC3CC3)cc2)cc1. The van der Waals surface area contributed by atoms with Gasteiger partial charge in [0.15, 0.2) is 6.10 Å². The molecule has 3 N–H and O–H groups in total. The van der Waals surface area contributed by atoms with Crippen LogP contribution in [-0.4, -0.2) is 39.0 Å². The molecule has 1 aliphatic carbocycles. The van der Waals surface area contributed by atoms with Gasteiger partial charge in [-0.3, -0.25) is 20.4 Å². The number of ether oxygens (including phenoxy) is 2. The van der Waals surface area contributed by atoms with E-state index in [-0.39, 0.29) is 23.3 Å². The van der Waals surface area contributed by atoms with E-state index in [1.165, 1.54) is 12.1 Å². The molecular weight excluding hydrogens is 446 g/mol. The molecule has 1 aliphatic rings. The summed E-state index contributed by atoms with van der Waals surface area (Å²) < 4.78 is 37.9. The maximum atomic E-state index is 12.2. The van der Waals surface area contributed by atoms with Gasteiger partial charge in [0.05, 0.1) is 11.5 Å². The van der Waals surface area contributed by atoms with Crippen LogP contribution in [0.2, 0.25) is 0 Å². The number of benzene rings is 2. The molecule has 0 radical (unpaired) electrons. The maximum Gasteiger partial charge on any atom is 0.279 e. The van der Waals surface area contributed by atoms with Crippen molar-refractivity contribution in [2.24, 2.45) is 0 Å². The van der Waals surface area contributed by atoms with Crippen LogP contribution in [0.5, 0.6) is 11.5 Å². The Labute approximate surface area is 193 Å². The van der Waals surface area contributed by atoms with Crippen molar-refractivity contribution in [3.63, 3.8) is 0 Å². The normalized spacial score (nSPS) is 14.2. The molecule has 33 heavy (non-hydrogen) atoms. The second kappa shape index (κ2) is 11.2.